The van der Waals surface area contributed by atoms with E-state index in [4.69, 9.17) is 0 Å². The zero-order valence-electron chi connectivity index (χ0n) is 16.3. The summed E-state index contributed by atoms with van der Waals surface area (Å²) in [6.45, 7) is 8.46. The molecule has 0 aliphatic carbocycles. The number of fused-ring (bicyclic) bond motifs is 1. The van der Waals surface area contributed by atoms with Gasteiger partial charge in [0.1, 0.15) is 11.4 Å². The molecule has 1 aromatic heterocycles. The van der Waals surface area contributed by atoms with Gasteiger partial charge in [-0.2, -0.15) is 9.40 Å². The van der Waals surface area contributed by atoms with Crippen LogP contribution in [0.3, 0.4) is 0 Å². The summed E-state index contributed by atoms with van der Waals surface area (Å²) < 4.78 is 28.8. The second kappa shape index (κ2) is 7.44. The summed E-state index contributed by atoms with van der Waals surface area (Å²) in [6.07, 6.45) is 0.834. The summed E-state index contributed by atoms with van der Waals surface area (Å²) >= 11 is 0. The van der Waals surface area contributed by atoms with E-state index in [0.717, 1.165) is 17.7 Å². The molecular weight excluding hydrogens is 364 g/mol. The Morgan fingerprint density at radius 1 is 1.19 bits per heavy atom. The van der Waals surface area contributed by atoms with Gasteiger partial charge in [0.2, 0.25) is 15.9 Å². The maximum Gasteiger partial charge on any atom is 0.248 e. The smallest absolute Gasteiger partial charge is 0.248 e. The Kier molecular flexibility index (Phi) is 5.39. The number of aryl methyl sites for hydroxylation is 1. The monoisotopic (exact) mass is 390 g/mol. The van der Waals surface area contributed by atoms with Crippen molar-refractivity contribution in [1.29, 1.82) is 0 Å². The van der Waals surface area contributed by atoms with E-state index >= 15 is 0 Å². The number of rotatable bonds is 6. The van der Waals surface area contributed by atoms with E-state index < -0.39 is 10.0 Å². The summed E-state index contributed by atoms with van der Waals surface area (Å²) in [5, 5.41) is 4.36. The van der Waals surface area contributed by atoms with Crippen molar-refractivity contribution in [1.82, 2.24) is 14.1 Å². The number of para-hydroxylation sites is 1. The van der Waals surface area contributed by atoms with Crippen LogP contribution in [-0.4, -0.2) is 48.0 Å². The summed E-state index contributed by atoms with van der Waals surface area (Å²) in [7, 11) is -3.62. The van der Waals surface area contributed by atoms with E-state index in [-0.39, 0.29) is 17.3 Å². The summed E-state index contributed by atoms with van der Waals surface area (Å²) in [6, 6.07) is 7.86. The number of anilines is 1. The fraction of sp³-hybridized carbons (Fsp3) is 0.474. The SMILES string of the molecule is CCN(CC)S(=O)(=O)c1c(C)nn(CC(=O)N2CCc3ccccc32)c1C. The van der Waals surface area contributed by atoms with Crippen LogP contribution in [0.2, 0.25) is 0 Å². The van der Waals surface area contributed by atoms with Crippen LogP contribution in [0.15, 0.2) is 29.2 Å². The fourth-order valence-electron chi connectivity index (χ4n) is 3.71. The average molecular weight is 391 g/mol. The van der Waals surface area contributed by atoms with Crippen LogP contribution < -0.4 is 4.90 Å². The van der Waals surface area contributed by atoms with Gasteiger partial charge in [-0.3, -0.25) is 9.48 Å². The number of amides is 1. The van der Waals surface area contributed by atoms with Gasteiger partial charge in [0.15, 0.2) is 0 Å². The fourth-order valence-corrected chi connectivity index (χ4v) is 5.54. The molecule has 8 heteroatoms. The predicted octanol–water partition coefficient (Wildman–Crippen LogP) is 2.12. The van der Waals surface area contributed by atoms with Crippen LogP contribution in [0.25, 0.3) is 0 Å². The average Bonchev–Trinajstić information content (AvgIpc) is 3.17. The first-order valence-corrected chi connectivity index (χ1v) is 10.7. The summed E-state index contributed by atoms with van der Waals surface area (Å²) in [5.41, 5.74) is 3.01. The van der Waals surface area contributed by atoms with Crippen LogP contribution in [0.1, 0.15) is 30.8 Å². The molecule has 3 rings (SSSR count). The van der Waals surface area contributed by atoms with Gasteiger partial charge in [-0.15, -0.1) is 0 Å². The van der Waals surface area contributed by atoms with Crippen molar-refractivity contribution >= 4 is 21.6 Å². The number of carbonyl (C=O) groups is 1. The number of benzene rings is 1. The molecular formula is C19H26N4O3S. The third-order valence-corrected chi connectivity index (χ3v) is 7.39. The molecule has 0 saturated heterocycles. The number of aromatic nitrogens is 2. The Hall–Kier alpha value is -2.19. The lowest BCUT2D eigenvalue weighted by Gasteiger charge is -2.19. The minimum absolute atomic E-state index is 0.0226. The highest BCUT2D eigenvalue weighted by molar-refractivity contribution is 7.89. The summed E-state index contributed by atoms with van der Waals surface area (Å²) in [5.74, 6) is -0.0858. The van der Waals surface area contributed by atoms with E-state index in [9.17, 15) is 13.2 Å². The first kappa shape index (κ1) is 19.6. The first-order chi connectivity index (χ1) is 12.8. The number of nitrogens with zero attached hydrogens (tertiary/aromatic N) is 4. The van der Waals surface area contributed by atoms with Crippen LogP contribution in [-0.2, 0) is 27.8 Å². The lowest BCUT2D eigenvalue weighted by Crippen LogP contribution is -2.33. The van der Waals surface area contributed by atoms with Crippen LogP contribution in [0.5, 0.6) is 0 Å². The van der Waals surface area contributed by atoms with Crippen molar-refractivity contribution in [2.45, 2.75) is 45.6 Å². The van der Waals surface area contributed by atoms with E-state index in [2.05, 4.69) is 5.10 Å². The van der Waals surface area contributed by atoms with Crippen molar-refractivity contribution in [3.05, 3.63) is 41.2 Å². The molecule has 2 heterocycles. The molecule has 7 nitrogen and oxygen atoms in total. The molecule has 1 aromatic carbocycles. The zero-order chi connectivity index (χ0) is 19.8. The lowest BCUT2D eigenvalue weighted by molar-refractivity contribution is -0.119. The van der Waals surface area contributed by atoms with Gasteiger partial charge in [0, 0.05) is 25.3 Å². The highest BCUT2D eigenvalue weighted by Gasteiger charge is 2.31. The summed E-state index contributed by atoms with van der Waals surface area (Å²) in [4.78, 5) is 14.8. The molecule has 1 aliphatic rings. The van der Waals surface area contributed by atoms with Crippen molar-refractivity contribution in [3.63, 3.8) is 0 Å². The van der Waals surface area contributed by atoms with E-state index in [1.165, 1.54) is 8.99 Å². The molecule has 27 heavy (non-hydrogen) atoms. The molecule has 2 aromatic rings. The normalized spacial score (nSPS) is 14.0. The van der Waals surface area contributed by atoms with E-state index in [1.54, 1.807) is 18.7 Å². The Morgan fingerprint density at radius 2 is 1.85 bits per heavy atom. The molecule has 0 spiro atoms. The van der Waals surface area contributed by atoms with Gasteiger partial charge in [-0.25, -0.2) is 8.42 Å². The van der Waals surface area contributed by atoms with Gasteiger partial charge in [0.05, 0.1) is 11.4 Å². The number of hydrogen-bond acceptors (Lipinski definition) is 4. The second-order valence-electron chi connectivity index (χ2n) is 6.67. The number of carbonyl (C=O) groups excluding carboxylic acids is 1. The number of sulfonamides is 1. The predicted molar refractivity (Wildman–Crippen MR) is 104 cm³/mol. The third-order valence-electron chi connectivity index (χ3n) is 5.09. The minimum Gasteiger partial charge on any atom is -0.310 e. The van der Waals surface area contributed by atoms with E-state index in [1.807, 2.05) is 38.1 Å². The molecule has 0 N–H and O–H groups in total. The Labute approximate surface area is 160 Å². The van der Waals surface area contributed by atoms with Crippen LogP contribution in [0.4, 0.5) is 5.69 Å². The molecule has 0 unspecified atom stereocenters. The molecule has 1 amide bonds. The first-order valence-electron chi connectivity index (χ1n) is 9.23. The van der Waals surface area contributed by atoms with Crippen molar-refractivity contribution in [3.8, 4) is 0 Å². The largest absolute Gasteiger partial charge is 0.310 e. The quantitative estimate of drug-likeness (QED) is 0.757. The number of hydrogen-bond donors (Lipinski definition) is 0. The van der Waals surface area contributed by atoms with Crippen LogP contribution in [0, 0.1) is 13.8 Å². The highest BCUT2D eigenvalue weighted by atomic mass is 32.2. The Balaban J connectivity index is 1.89. The van der Waals surface area contributed by atoms with Crippen molar-refractivity contribution in [2.24, 2.45) is 0 Å². The Morgan fingerprint density at radius 3 is 2.52 bits per heavy atom. The zero-order valence-corrected chi connectivity index (χ0v) is 17.1. The highest BCUT2D eigenvalue weighted by Crippen LogP contribution is 2.28. The second-order valence-corrected chi connectivity index (χ2v) is 8.55. The third kappa shape index (κ3) is 3.39. The van der Waals surface area contributed by atoms with Crippen molar-refractivity contribution in [2.75, 3.05) is 24.5 Å². The molecule has 0 bridgehead atoms. The van der Waals surface area contributed by atoms with Crippen molar-refractivity contribution < 1.29 is 13.2 Å². The maximum absolute atomic E-state index is 12.9. The standard InChI is InChI=1S/C19H26N4O3S/c1-5-21(6-2)27(25,26)19-14(3)20-23(15(19)4)13-18(24)22-12-11-16-9-7-8-10-17(16)22/h7-10H,5-6,11-13H2,1-4H3. The van der Waals surface area contributed by atoms with E-state index in [0.29, 0.717) is 31.0 Å². The van der Waals surface area contributed by atoms with Gasteiger partial charge < -0.3 is 4.90 Å². The van der Waals surface area contributed by atoms with Gasteiger partial charge >= 0.3 is 0 Å². The van der Waals surface area contributed by atoms with Gasteiger partial charge in [-0.05, 0) is 31.9 Å². The molecule has 146 valence electrons. The molecule has 0 radical (unpaired) electrons. The molecule has 1 aliphatic heterocycles. The molecule has 0 atom stereocenters. The maximum atomic E-state index is 12.9. The Bertz CT molecular complexity index is 961. The molecule has 0 saturated carbocycles. The van der Waals surface area contributed by atoms with Gasteiger partial charge in [-0.1, -0.05) is 32.0 Å². The van der Waals surface area contributed by atoms with Gasteiger partial charge in [0.25, 0.3) is 0 Å². The topological polar surface area (TPSA) is 75.5 Å². The molecule has 0 fully saturated rings. The minimum atomic E-state index is -3.62. The lowest BCUT2D eigenvalue weighted by atomic mass is 10.2. The van der Waals surface area contributed by atoms with Crippen LogP contribution >= 0.6 is 0 Å².